The van der Waals surface area contributed by atoms with Crippen LogP contribution in [0.5, 0.6) is 0 Å². The van der Waals surface area contributed by atoms with Crippen molar-refractivity contribution in [2.24, 2.45) is 11.8 Å². The Balaban J connectivity index is 1.78. The topological polar surface area (TPSA) is 70.7 Å². The summed E-state index contributed by atoms with van der Waals surface area (Å²) >= 11 is 0. The van der Waals surface area contributed by atoms with E-state index in [4.69, 9.17) is 4.74 Å². The van der Waals surface area contributed by atoms with Crippen molar-refractivity contribution in [2.45, 2.75) is 26.7 Å². The minimum atomic E-state index is -0.218. The molecule has 0 spiro atoms. The quantitative estimate of drug-likeness (QED) is 0.637. The average molecular weight is 347 g/mol. The molecule has 1 saturated carbocycles. The second-order valence-electron chi connectivity index (χ2n) is 6.29. The fraction of sp³-hybridized carbons (Fsp3) is 0.579. The molecule has 6 nitrogen and oxygen atoms in total. The fourth-order valence-electron chi connectivity index (χ4n) is 2.91. The summed E-state index contributed by atoms with van der Waals surface area (Å²) in [7, 11) is 1.64. The van der Waals surface area contributed by atoms with Crippen LogP contribution in [0.1, 0.15) is 26.7 Å². The van der Waals surface area contributed by atoms with E-state index in [1.54, 1.807) is 7.11 Å². The largest absolute Gasteiger partial charge is 0.385 e. The molecule has 0 aliphatic heterocycles. The molecule has 2 atom stereocenters. The van der Waals surface area contributed by atoms with Crippen molar-refractivity contribution >= 4 is 23.2 Å². The van der Waals surface area contributed by atoms with Gasteiger partial charge < -0.3 is 20.3 Å². The number of hydrogen-bond donors (Lipinski definition) is 2. The van der Waals surface area contributed by atoms with Gasteiger partial charge in [-0.1, -0.05) is 0 Å². The normalized spacial score (nSPS) is 18.5. The van der Waals surface area contributed by atoms with Crippen LogP contribution in [0, 0.1) is 11.8 Å². The van der Waals surface area contributed by atoms with Gasteiger partial charge in [0.1, 0.15) is 0 Å². The summed E-state index contributed by atoms with van der Waals surface area (Å²) in [4.78, 5) is 26.5. The third kappa shape index (κ3) is 5.46. The molecule has 1 aromatic rings. The lowest BCUT2D eigenvalue weighted by molar-refractivity contribution is -0.125. The molecule has 1 fully saturated rings. The van der Waals surface area contributed by atoms with Gasteiger partial charge in [0.05, 0.1) is 11.8 Å². The molecule has 2 amide bonds. The Morgan fingerprint density at radius 3 is 2.36 bits per heavy atom. The smallest absolute Gasteiger partial charge is 0.228 e. The molecule has 6 heteroatoms. The highest BCUT2D eigenvalue weighted by Crippen LogP contribution is 2.39. The van der Waals surface area contributed by atoms with E-state index in [-0.39, 0.29) is 23.7 Å². The third-order valence-electron chi connectivity index (χ3n) is 4.55. The van der Waals surface area contributed by atoms with E-state index in [1.807, 2.05) is 24.3 Å². The van der Waals surface area contributed by atoms with Gasteiger partial charge in [0, 0.05) is 44.7 Å². The van der Waals surface area contributed by atoms with E-state index < -0.39 is 0 Å². The number of benzene rings is 1. The first-order valence-electron chi connectivity index (χ1n) is 9.03. The van der Waals surface area contributed by atoms with E-state index in [2.05, 4.69) is 29.4 Å². The molecule has 0 radical (unpaired) electrons. The predicted molar refractivity (Wildman–Crippen MR) is 99.7 cm³/mol. The molecule has 1 aromatic carbocycles. The summed E-state index contributed by atoms with van der Waals surface area (Å²) in [5.41, 5.74) is 1.91. The maximum absolute atomic E-state index is 12.3. The van der Waals surface area contributed by atoms with Crippen LogP contribution >= 0.6 is 0 Å². The molecular weight excluding hydrogens is 318 g/mol. The first kappa shape index (κ1) is 19.2. The van der Waals surface area contributed by atoms with Crippen LogP contribution < -0.4 is 15.5 Å². The average Bonchev–Trinajstić information content (AvgIpc) is 3.42. The first-order valence-corrected chi connectivity index (χ1v) is 9.03. The molecule has 25 heavy (non-hydrogen) atoms. The van der Waals surface area contributed by atoms with Crippen molar-refractivity contribution < 1.29 is 14.3 Å². The Morgan fingerprint density at radius 2 is 1.76 bits per heavy atom. The number of nitrogens with one attached hydrogen (secondary N) is 2. The number of hydrogen-bond acceptors (Lipinski definition) is 4. The second-order valence-corrected chi connectivity index (χ2v) is 6.29. The lowest BCUT2D eigenvalue weighted by atomic mass is 10.2. The Labute approximate surface area is 149 Å². The van der Waals surface area contributed by atoms with Crippen molar-refractivity contribution in [2.75, 3.05) is 43.6 Å². The molecule has 1 aliphatic carbocycles. The summed E-state index contributed by atoms with van der Waals surface area (Å²) in [5, 5.41) is 5.77. The minimum absolute atomic E-state index is 0.0341. The highest BCUT2D eigenvalue weighted by molar-refractivity contribution is 5.99. The highest BCUT2D eigenvalue weighted by Gasteiger charge is 2.47. The first-order chi connectivity index (χ1) is 12.1. The molecule has 2 N–H and O–H groups in total. The summed E-state index contributed by atoms with van der Waals surface area (Å²) in [6, 6.07) is 7.84. The van der Waals surface area contributed by atoms with Gasteiger partial charge in [-0.25, -0.2) is 0 Å². The molecular formula is C19H29N3O3. The van der Waals surface area contributed by atoms with E-state index in [0.717, 1.165) is 30.9 Å². The lowest BCUT2D eigenvalue weighted by Gasteiger charge is -2.21. The number of carbonyl (C=O) groups excluding carboxylic acids is 2. The number of anilines is 2. The standard InChI is InChI=1S/C19H29N3O3/c1-4-22(5-2)15-9-7-14(8-10-15)21-19(24)17-13-16(17)18(23)20-11-6-12-25-3/h7-10,16-17H,4-6,11-13H2,1-3H3,(H,20,23)(H,21,24). The summed E-state index contributed by atoms with van der Waals surface area (Å²) in [5.74, 6) is -0.525. The van der Waals surface area contributed by atoms with Crippen LogP contribution in [0.3, 0.4) is 0 Å². The Kier molecular flexibility index (Phi) is 7.25. The van der Waals surface area contributed by atoms with Crippen LogP contribution in [0.2, 0.25) is 0 Å². The van der Waals surface area contributed by atoms with Gasteiger partial charge in [-0.3, -0.25) is 9.59 Å². The Hall–Kier alpha value is -2.08. The van der Waals surface area contributed by atoms with Crippen molar-refractivity contribution in [3.63, 3.8) is 0 Å². The van der Waals surface area contributed by atoms with Gasteiger partial charge in [0.2, 0.25) is 11.8 Å². The zero-order valence-corrected chi connectivity index (χ0v) is 15.4. The van der Waals surface area contributed by atoms with Crippen LogP contribution in [0.25, 0.3) is 0 Å². The maximum Gasteiger partial charge on any atom is 0.228 e. The summed E-state index contributed by atoms with van der Waals surface area (Å²) < 4.78 is 4.94. The van der Waals surface area contributed by atoms with E-state index in [0.29, 0.717) is 19.6 Å². The predicted octanol–water partition coefficient (Wildman–Crippen LogP) is 2.26. The highest BCUT2D eigenvalue weighted by atomic mass is 16.5. The number of rotatable bonds is 10. The van der Waals surface area contributed by atoms with Gasteiger partial charge in [-0.15, -0.1) is 0 Å². The number of ether oxygens (including phenoxy) is 1. The molecule has 2 rings (SSSR count). The number of amides is 2. The van der Waals surface area contributed by atoms with E-state index in [9.17, 15) is 9.59 Å². The van der Waals surface area contributed by atoms with Gasteiger partial charge in [0.25, 0.3) is 0 Å². The SMILES string of the molecule is CCN(CC)c1ccc(NC(=O)C2CC2C(=O)NCCCOC)cc1. The number of carbonyl (C=O) groups is 2. The molecule has 0 heterocycles. The van der Waals surface area contributed by atoms with Crippen molar-refractivity contribution in [1.29, 1.82) is 0 Å². The third-order valence-corrected chi connectivity index (χ3v) is 4.55. The van der Waals surface area contributed by atoms with Gasteiger partial charge in [-0.05, 0) is 51.0 Å². The Bertz CT molecular complexity index is 570. The molecule has 0 saturated heterocycles. The van der Waals surface area contributed by atoms with Crippen molar-refractivity contribution in [3.05, 3.63) is 24.3 Å². The second kappa shape index (κ2) is 9.42. The molecule has 1 aliphatic rings. The zero-order chi connectivity index (χ0) is 18.2. The zero-order valence-electron chi connectivity index (χ0n) is 15.4. The fourth-order valence-corrected chi connectivity index (χ4v) is 2.91. The van der Waals surface area contributed by atoms with Gasteiger partial charge in [0.15, 0.2) is 0 Å². The number of methoxy groups -OCH3 is 1. The Morgan fingerprint density at radius 1 is 1.12 bits per heavy atom. The molecule has 0 bridgehead atoms. The molecule has 2 unspecified atom stereocenters. The van der Waals surface area contributed by atoms with Gasteiger partial charge >= 0.3 is 0 Å². The van der Waals surface area contributed by atoms with Crippen molar-refractivity contribution in [3.8, 4) is 0 Å². The lowest BCUT2D eigenvalue weighted by Crippen LogP contribution is -2.28. The molecule has 0 aromatic heterocycles. The maximum atomic E-state index is 12.3. The van der Waals surface area contributed by atoms with Crippen LogP contribution in [-0.2, 0) is 14.3 Å². The minimum Gasteiger partial charge on any atom is -0.385 e. The van der Waals surface area contributed by atoms with Crippen LogP contribution in [0.15, 0.2) is 24.3 Å². The summed E-state index contributed by atoms with van der Waals surface area (Å²) in [6.45, 7) is 7.35. The van der Waals surface area contributed by atoms with E-state index in [1.165, 1.54) is 0 Å². The van der Waals surface area contributed by atoms with Crippen LogP contribution in [0.4, 0.5) is 11.4 Å². The van der Waals surface area contributed by atoms with Crippen LogP contribution in [-0.4, -0.2) is 45.2 Å². The van der Waals surface area contributed by atoms with E-state index >= 15 is 0 Å². The van der Waals surface area contributed by atoms with Crippen molar-refractivity contribution in [1.82, 2.24) is 5.32 Å². The number of nitrogens with zero attached hydrogens (tertiary/aromatic N) is 1. The monoisotopic (exact) mass is 347 g/mol. The summed E-state index contributed by atoms with van der Waals surface area (Å²) in [6.07, 6.45) is 1.41. The molecule has 138 valence electrons. The van der Waals surface area contributed by atoms with Gasteiger partial charge in [-0.2, -0.15) is 0 Å².